The predicted molar refractivity (Wildman–Crippen MR) is 106 cm³/mol. The molecule has 3 heterocycles. The number of ether oxygens (including phenoxy) is 1. The summed E-state index contributed by atoms with van der Waals surface area (Å²) in [5.41, 5.74) is 1.62. The summed E-state index contributed by atoms with van der Waals surface area (Å²) in [4.78, 5) is 30.1. The highest BCUT2D eigenvalue weighted by Crippen LogP contribution is 2.26. The molecule has 0 fully saturated rings. The van der Waals surface area contributed by atoms with Crippen LogP contribution in [0, 0.1) is 0 Å². The zero-order valence-corrected chi connectivity index (χ0v) is 16.1. The summed E-state index contributed by atoms with van der Waals surface area (Å²) in [5.74, 6) is 0.769. The first-order chi connectivity index (χ1) is 14.2. The number of aromatic nitrogens is 2. The second kappa shape index (κ2) is 8.22. The minimum atomic E-state index is -0.356. The fourth-order valence-corrected chi connectivity index (χ4v) is 3.49. The number of carbonyl (C=O) groups is 2. The van der Waals surface area contributed by atoms with E-state index in [-0.39, 0.29) is 29.9 Å². The molecular weight excluding hydrogens is 372 g/mol. The van der Waals surface area contributed by atoms with Crippen LogP contribution in [-0.4, -0.2) is 28.5 Å². The SMILES string of the molecule is COc1ccccc1NC(=O)c1nc(C(=O)NCc2ccco2)n2c1CCCC2. The number of anilines is 1. The molecule has 2 aromatic heterocycles. The molecule has 0 bridgehead atoms. The smallest absolute Gasteiger partial charge is 0.287 e. The predicted octanol–water partition coefficient (Wildman–Crippen LogP) is 3.00. The largest absolute Gasteiger partial charge is 0.495 e. The van der Waals surface area contributed by atoms with Gasteiger partial charge in [0.25, 0.3) is 11.8 Å². The van der Waals surface area contributed by atoms with Gasteiger partial charge in [-0.3, -0.25) is 9.59 Å². The van der Waals surface area contributed by atoms with Crippen LogP contribution in [0.5, 0.6) is 5.75 Å². The standard InChI is InChI=1S/C21H22N4O4/c1-28-17-10-3-2-8-15(17)23-20(26)18-16-9-4-5-11-25(16)19(24-18)21(27)22-13-14-7-6-12-29-14/h2-3,6-8,10,12H,4-5,9,11,13H2,1H3,(H,22,27)(H,23,26). The van der Waals surface area contributed by atoms with E-state index in [4.69, 9.17) is 9.15 Å². The number of hydrogen-bond donors (Lipinski definition) is 2. The molecule has 29 heavy (non-hydrogen) atoms. The summed E-state index contributed by atoms with van der Waals surface area (Å²) >= 11 is 0. The first kappa shape index (κ1) is 18.8. The van der Waals surface area contributed by atoms with Gasteiger partial charge in [0.05, 0.1) is 31.3 Å². The number of nitrogens with zero attached hydrogens (tertiary/aromatic N) is 2. The summed E-state index contributed by atoms with van der Waals surface area (Å²) in [6.07, 6.45) is 4.15. The van der Waals surface area contributed by atoms with Crippen molar-refractivity contribution in [2.75, 3.05) is 12.4 Å². The summed E-state index contributed by atoms with van der Waals surface area (Å²) in [6, 6.07) is 10.7. The Labute approximate surface area is 167 Å². The second-order valence-corrected chi connectivity index (χ2v) is 6.76. The third-order valence-corrected chi connectivity index (χ3v) is 4.89. The van der Waals surface area contributed by atoms with E-state index in [1.165, 1.54) is 0 Å². The molecule has 8 nitrogen and oxygen atoms in total. The molecule has 4 rings (SSSR count). The van der Waals surface area contributed by atoms with Crippen molar-refractivity contribution in [3.05, 3.63) is 65.6 Å². The summed E-state index contributed by atoms with van der Waals surface area (Å²) in [7, 11) is 1.55. The topological polar surface area (TPSA) is 98.4 Å². The van der Waals surface area contributed by atoms with Crippen molar-refractivity contribution in [2.24, 2.45) is 0 Å². The third-order valence-electron chi connectivity index (χ3n) is 4.89. The van der Waals surface area contributed by atoms with Crippen molar-refractivity contribution in [2.45, 2.75) is 32.4 Å². The fraction of sp³-hybridized carbons (Fsp3) is 0.286. The average molecular weight is 394 g/mol. The molecule has 1 aromatic carbocycles. The van der Waals surface area contributed by atoms with E-state index in [0.717, 1.165) is 18.5 Å². The van der Waals surface area contributed by atoms with Gasteiger partial charge < -0.3 is 24.4 Å². The van der Waals surface area contributed by atoms with Gasteiger partial charge in [-0.1, -0.05) is 12.1 Å². The molecule has 2 amide bonds. The minimum absolute atomic E-state index is 0.247. The zero-order valence-electron chi connectivity index (χ0n) is 16.1. The molecule has 0 saturated heterocycles. The van der Waals surface area contributed by atoms with E-state index >= 15 is 0 Å². The number of carbonyl (C=O) groups excluding carboxylic acids is 2. The maximum atomic E-state index is 12.9. The maximum Gasteiger partial charge on any atom is 0.287 e. The van der Waals surface area contributed by atoms with Gasteiger partial charge in [-0.25, -0.2) is 4.98 Å². The van der Waals surface area contributed by atoms with Crippen molar-refractivity contribution in [1.29, 1.82) is 0 Å². The molecule has 8 heteroatoms. The van der Waals surface area contributed by atoms with Gasteiger partial charge in [0, 0.05) is 6.54 Å². The van der Waals surface area contributed by atoms with Gasteiger partial charge in [-0.05, 0) is 43.5 Å². The Morgan fingerprint density at radius 1 is 1.17 bits per heavy atom. The lowest BCUT2D eigenvalue weighted by atomic mass is 10.1. The van der Waals surface area contributed by atoms with Crippen molar-refractivity contribution in [3.8, 4) is 5.75 Å². The van der Waals surface area contributed by atoms with Crippen molar-refractivity contribution >= 4 is 17.5 Å². The number of methoxy groups -OCH3 is 1. The molecule has 1 aliphatic rings. The molecule has 2 N–H and O–H groups in total. The Bertz CT molecular complexity index is 1020. The Kier molecular flexibility index (Phi) is 5.33. The van der Waals surface area contributed by atoms with E-state index in [0.29, 0.717) is 30.2 Å². The van der Waals surface area contributed by atoms with Gasteiger partial charge in [0.2, 0.25) is 0 Å². The molecule has 0 radical (unpaired) electrons. The number of rotatable bonds is 6. The number of imidazole rings is 1. The molecule has 0 aliphatic carbocycles. The van der Waals surface area contributed by atoms with E-state index in [2.05, 4.69) is 15.6 Å². The fourth-order valence-electron chi connectivity index (χ4n) is 3.49. The number of furan rings is 1. The van der Waals surface area contributed by atoms with Gasteiger partial charge in [0.15, 0.2) is 11.5 Å². The van der Waals surface area contributed by atoms with Crippen LogP contribution in [-0.2, 0) is 19.5 Å². The molecule has 0 unspecified atom stereocenters. The van der Waals surface area contributed by atoms with Crippen LogP contribution in [0.15, 0.2) is 47.1 Å². The Morgan fingerprint density at radius 2 is 2.03 bits per heavy atom. The van der Waals surface area contributed by atoms with E-state index in [1.807, 2.05) is 16.7 Å². The number of benzene rings is 1. The van der Waals surface area contributed by atoms with Crippen LogP contribution in [0.2, 0.25) is 0 Å². The Hall–Kier alpha value is -3.55. The molecular formula is C21H22N4O4. The van der Waals surface area contributed by atoms with E-state index in [9.17, 15) is 9.59 Å². The second-order valence-electron chi connectivity index (χ2n) is 6.76. The van der Waals surface area contributed by atoms with Crippen LogP contribution < -0.4 is 15.4 Å². The van der Waals surface area contributed by atoms with Gasteiger partial charge in [0.1, 0.15) is 11.5 Å². The average Bonchev–Trinajstić information content (AvgIpc) is 3.40. The highest BCUT2D eigenvalue weighted by molar-refractivity contribution is 6.05. The lowest BCUT2D eigenvalue weighted by Gasteiger charge is -2.17. The first-order valence-corrected chi connectivity index (χ1v) is 9.51. The van der Waals surface area contributed by atoms with E-state index in [1.54, 1.807) is 37.6 Å². The number of amides is 2. The molecule has 0 spiro atoms. The lowest BCUT2D eigenvalue weighted by Crippen LogP contribution is -2.27. The third kappa shape index (κ3) is 3.87. The quantitative estimate of drug-likeness (QED) is 0.670. The van der Waals surface area contributed by atoms with Crippen LogP contribution in [0.4, 0.5) is 5.69 Å². The minimum Gasteiger partial charge on any atom is -0.495 e. The van der Waals surface area contributed by atoms with Crippen LogP contribution >= 0.6 is 0 Å². The van der Waals surface area contributed by atoms with Crippen LogP contribution in [0.1, 0.15) is 45.4 Å². The van der Waals surface area contributed by atoms with Gasteiger partial charge in [-0.2, -0.15) is 0 Å². The normalized spacial score (nSPS) is 12.9. The molecule has 0 atom stereocenters. The maximum absolute atomic E-state index is 12.9. The summed E-state index contributed by atoms with van der Waals surface area (Å²) in [5, 5.41) is 5.65. The molecule has 0 saturated carbocycles. The lowest BCUT2D eigenvalue weighted by molar-refractivity contribution is 0.0932. The zero-order chi connectivity index (χ0) is 20.2. The highest BCUT2D eigenvalue weighted by Gasteiger charge is 2.27. The van der Waals surface area contributed by atoms with E-state index < -0.39 is 0 Å². The van der Waals surface area contributed by atoms with Crippen molar-refractivity contribution < 1.29 is 18.7 Å². The van der Waals surface area contributed by atoms with Crippen LogP contribution in [0.3, 0.4) is 0 Å². The number of nitrogens with one attached hydrogen (secondary N) is 2. The Morgan fingerprint density at radius 3 is 2.83 bits per heavy atom. The number of fused-ring (bicyclic) bond motifs is 1. The summed E-state index contributed by atoms with van der Waals surface area (Å²) in [6.45, 7) is 0.921. The van der Waals surface area contributed by atoms with Gasteiger partial charge in [-0.15, -0.1) is 0 Å². The van der Waals surface area contributed by atoms with Crippen molar-refractivity contribution in [1.82, 2.24) is 14.9 Å². The monoisotopic (exact) mass is 394 g/mol. The van der Waals surface area contributed by atoms with Crippen molar-refractivity contribution in [3.63, 3.8) is 0 Å². The first-order valence-electron chi connectivity index (χ1n) is 9.51. The summed E-state index contributed by atoms with van der Waals surface area (Å²) < 4.78 is 12.4. The Balaban J connectivity index is 1.58. The van der Waals surface area contributed by atoms with Gasteiger partial charge >= 0.3 is 0 Å². The molecule has 1 aliphatic heterocycles. The number of para-hydroxylation sites is 2. The number of hydrogen-bond acceptors (Lipinski definition) is 5. The molecule has 3 aromatic rings. The highest BCUT2D eigenvalue weighted by atomic mass is 16.5. The molecule has 150 valence electrons. The van der Waals surface area contributed by atoms with Crippen LogP contribution in [0.25, 0.3) is 0 Å².